The van der Waals surface area contributed by atoms with Gasteiger partial charge >= 0.3 is 5.69 Å². The first-order valence-corrected chi connectivity index (χ1v) is 9.73. The molecule has 8 nitrogen and oxygen atoms in total. The van der Waals surface area contributed by atoms with Crippen LogP contribution in [0.25, 0.3) is 5.65 Å². The number of amides is 1. The Balaban J connectivity index is 1.55. The summed E-state index contributed by atoms with van der Waals surface area (Å²) in [7, 11) is 0. The summed E-state index contributed by atoms with van der Waals surface area (Å²) >= 11 is 0. The average Bonchev–Trinajstić information content (AvgIpc) is 3.23. The Hall–Kier alpha value is -3.68. The lowest BCUT2D eigenvalue weighted by atomic mass is 10.1. The molecule has 0 saturated carbocycles. The quantitative estimate of drug-likeness (QED) is 0.566. The van der Waals surface area contributed by atoms with Gasteiger partial charge in [0.2, 0.25) is 0 Å². The summed E-state index contributed by atoms with van der Waals surface area (Å²) in [5, 5.41) is 11.6. The lowest BCUT2D eigenvalue weighted by Crippen LogP contribution is -2.25. The van der Waals surface area contributed by atoms with E-state index in [0.717, 1.165) is 11.3 Å². The normalized spacial score (nSPS) is 11.7. The molecule has 0 radical (unpaired) electrons. The van der Waals surface area contributed by atoms with E-state index >= 15 is 0 Å². The Morgan fingerprint density at radius 2 is 1.93 bits per heavy atom. The molecule has 0 fully saturated rings. The van der Waals surface area contributed by atoms with Crippen LogP contribution in [0.5, 0.6) is 0 Å². The van der Waals surface area contributed by atoms with Crippen molar-refractivity contribution in [3.05, 3.63) is 82.2 Å². The largest absolute Gasteiger partial charge is 0.350 e. The molecule has 30 heavy (non-hydrogen) atoms. The monoisotopic (exact) mass is 404 g/mol. The van der Waals surface area contributed by atoms with Crippen molar-refractivity contribution in [2.24, 2.45) is 0 Å². The third-order valence-corrected chi connectivity index (χ3v) is 4.90. The Kier molecular flexibility index (Phi) is 4.77. The van der Waals surface area contributed by atoms with E-state index in [-0.39, 0.29) is 17.1 Å². The van der Waals surface area contributed by atoms with Crippen molar-refractivity contribution in [2.45, 2.75) is 39.8 Å². The Labute approximate surface area is 173 Å². The van der Waals surface area contributed by atoms with E-state index in [9.17, 15) is 9.59 Å². The number of hydrogen-bond donors (Lipinski definition) is 1. The average molecular weight is 404 g/mol. The van der Waals surface area contributed by atoms with Crippen molar-refractivity contribution >= 4 is 17.2 Å². The molecule has 0 spiro atoms. The molecule has 0 aliphatic rings. The van der Waals surface area contributed by atoms with Gasteiger partial charge in [-0.05, 0) is 57.5 Å². The number of nitrogens with zero attached hydrogens (tertiary/aromatic N) is 5. The number of carbonyl (C=O) groups is 1. The topological polar surface area (TPSA) is 86.2 Å². The van der Waals surface area contributed by atoms with Gasteiger partial charge in [-0.15, -0.1) is 5.10 Å². The van der Waals surface area contributed by atoms with Crippen molar-refractivity contribution in [3.63, 3.8) is 0 Å². The maximum absolute atomic E-state index is 12.8. The molecule has 0 bridgehead atoms. The molecular formula is C22H24N6O2. The first-order valence-electron chi connectivity index (χ1n) is 9.73. The second kappa shape index (κ2) is 7.29. The van der Waals surface area contributed by atoms with Gasteiger partial charge in [0.25, 0.3) is 5.91 Å². The number of fused-ring (bicyclic) bond motifs is 1. The van der Waals surface area contributed by atoms with E-state index in [2.05, 4.69) is 15.5 Å². The van der Waals surface area contributed by atoms with Gasteiger partial charge in [-0.1, -0.05) is 18.2 Å². The smallest absolute Gasteiger partial charge is 0.322 e. The number of pyridine rings is 1. The highest BCUT2D eigenvalue weighted by molar-refractivity contribution is 6.04. The summed E-state index contributed by atoms with van der Waals surface area (Å²) in [6.45, 7) is 8.32. The molecule has 0 aliphatic carbocycles. The van der Waals surface area contributed by atoms with Crippen LogP contribution in [0.15, 0.2) is 59.7 Å². The van der Waals surface area contributed by atoms with Crippen molar-refractivity contribution in [1.29, 1.82) is 0 Å². The fraction of sp³-hybridized carbons (Fsp3) is 0.273. The highest BCUT2D eigenvalue weighted by Gasteiger charge is 2.21. The van der Waals surface area contributed by atoms with Crippen LogP contribution >= 0.6 is 0 Å². The minimum Gasteiger partial charge on any atom is -0.322 e. The molecule has 0 aliphatic heterocycles. The van der Waals surface area contributed by atoms with Crippen LogP contribution in [0.1, 0.15) is 42.4 Å². The molecule has 1 N–H and O–H groups in total. The predicted molar refractivity (Wildman–Crippen MR) is 115 cm³/mol. The first kappa shape index (κ1) is 19.6. The zero-order valence-corrected chi connectivity index (χ0v) is 17.5. The van der Waals surface area contributed by atoms with Gasteiger partial charge in [-0.2, -0.15) is 5.10 Å². The highest BCUT2D eigenvalue weighted by Crippen LogP contribution is 2.20. The molecule has 0 atom stereocenters. The summed E-state index contributed by atoms with van der Waals surface area (Å²) in [5.74, 6) is -0.218. The van der Waals surface area contributed by atoms with Crippen LogP contribution in [0.3, 0.4) is 0 Å². The van der Waals surface area contributed by atoms with Crippen molar-refractivity contribution < 1.29 is 4.79 Å². The lowest BCUT2D eigenvalue weighted by Gasteiger charge is -2.21. The number of carbonyl (C=O) groups excluding carboxylic acids is 1. The minimum atomic E-state index is -0.218. The molecule has 4 aromatic rings. The second-order valence-electron chi connectivity index (χ2n) is 8.25. The van der Waals surface area contributed by atoms with Gasteiger partial charge in [0.1, 0.15) is 0 Å². The molecule has 1 amide bonds. The van der Waals surface area contributed by atoms with Gasteiger partial charge in [0.15, 0.2) is 5.65 Å². The molecule has 3 heterocycles. The van der Waals surface area contributed by atoms with Gasteiger partial charge in [0.05, 0.1) is 23.8 Å². The molecule has 0 unspecified atom stereocenters. The first-order chi connectivity index (χ1) is 14.2. The highest BCUT2D eigenvalue weighted by atomic mass is 16.2. The number of hydrogen-bond acceptors (Lipinski definition) is 4. The summed E-state index contributed by atoms with van der Waals surface area (Å²) < 4.78 is 4.75. The summed E-state index contributed by atoms with van der Waals surface area (Å²) in [6, 6.07) is 12.8. The maximum Gasteiger partial charge on any atom is 0.350 e. The van der Waals surface area contributed by atoms with Crippen molar-refractivity contribution in [2.75, 3.05) is 5.32 Å². The van der Waals surface area contributed by atoms with E-state index in [1.165, 1.54) is 9.08 Å². The van der Waals surface area contributed by atoms with E-state index in [4.69, 9.17) is 0 Å². The number of aromatic nitrogens is 5. The maximum atomic E-state index is 12.8. The molecule has 0 saturated heterocycles. The fourth-order valence-corrected chi connectivity index (χ4v) is 3.50. The van der Waals surface area contributed by atoms with E-state index in [1.54, 1.807) is 24.5 Å². The van der Waals surface area contributed by atoms with Crippen LogP contribution in [0.2, 0.25) is 0 Å². The third-order valence-electron chi connectivity index (χ3n) is 4.90. The number of anilines is 1. The summed E-state index contributed by atoms with van der Waals surface area (Å²) in [4.78, 5) is 25.3. The molecule has 3 aromatic heterocycles. The zero-order chi connectivity index (χ0) is 21.5. The van der Waals surface area contributed by atoms with Gasteiger partial charge < -0.3 is 5.32 Å². The van der Waals surface area contributed by atoms with Gasteiger partial charge in [0, 0.05) is 17.6 Å². The second-order valence-corrected chi connectivity index (χ2v) is 8.25. The zero-order valence-electron chi connectivity index (χ0n) is 17.5. The van der Waals surface area contributed by atoms with E-state index < -0.39 is 0 Å². The lowest BCUT2D eigenvalue weighted by molar-refractivity contribution is 0.102. The van der Waals surface area contributed by atoms with E-state index in [0.29, 0.717) is 23.4 Å². The Bertz CT molecular complexity index is 1290. The van der Waals surface area contributed by atoms with Crippen LogP contribution < -0.4 is 11.0 Å². The van der Waals surface area contributed by atoms with Crippen LogP contribution in [0.4, 0.5) is 5.69 Å². The SMILES string of the molecule is Cc1c(C(=O)Nc2cccc(Cn3nc4ccccn4c3=O)c2)cnn1C(C)(C)C. The minimum absolute atomic E-state index is 0.203. The van der Waals surface area contributed by atoms with E-state index in [1.807, 2.05) is 62.7 Å². The number of nitrogens with one attached hydrogen (secondary N) is 1. The van der Waals surface area contributed by atoms with Crippen LogP contribution in [0, 0.1) is 6.92 Å². The summed E-state index contributed by atoms with van der Waals surface area (Å²) in [6.07, 6.45) is 3.29. The molecule has 8 heteroatoms. The molecule has 1 aromatic carbocycles. The molecule has 4 rings (SSSR count). The number of rotatable bonds is 4. The Morgan fingerprint density at radius 3 is 2.63 bits per heavy atom. The standard InChI is InChI=1S/C22H24N6O2/c1-15-18(13-23-28(15)22(2,3)4)20(29)24-17-9-7-8-16(12-17)14-27-21(30)26-11-6-5-10-19(26)25-27/h5-13H,14H2,1-4H3,(H,24,29). The van der Waals surface area contributed by atoms with Gasteiger partial charge in [-0.25, -0.2) is 9.48 Å². The van der Waals surface area contributed by atoms with Gasteiger partial charge in [-0.3, -0.25) is 13.9 Å². The Morgan fingerprint density at radius 1 is 1.13 bits per heavy atom. The van der Waals surface area contributed by atoms with Crippen LogP contribution in [-0.4, -0.2) is 29.9 Å². The predicted octanol–water partition coefficient (Wildman–Crippen LogP) is 3.06. The molecule has 154 valence electrons. The molecular weight excluding hydrogens is 380 g/mol. The number of benzene rings is 1. The van der Waals surface area contributed by atoms with Crippen molar-refractivity contribution in [1.82, 2.24) is 24.0 Å². The van der Waals surface area contributed by atoms with Crippen molar-refractivity contribution in [3.8, 4) is 0 Å². The van der Waals surface area contributed by atoms with Crippen LogP contribution in [-0.2, 0) is 12.1 Å². The summed E-state index contributed by atoms with van der Waals surface area (Å²) in [5.41, 5.74) is 3.05. The fourth-order valence-electron chi connectivity index (χ4n) is 3.50. The third kappa shape index (κ3) is 3.63.